The van der Waals surface area contributed by atoms with Crippen molar-refractivity contribution in [2.75, 3.05) is 18.8 Å². The van der Waals surface area contributed by atoms with E-state index in [1.165, 1.54) is 11.8 Å². The van der Waals surface area contributed by atoms with Gasteiger partial charge in [0, 0.05) is 13.1 Å². The molecule has 9 heteroatoms. The zero-order valence-corrected chi connectivity index (χ0v) is 15.9. The van der Waals surface area contributed by atoms with Crippen molar-refractivity contribution in [2.24, 2.45) is 0 Å². The smallest absolute Gasteiger partial charge is 0.408 e. The molecule has 0 bridgehead atoms. The molecule has 0 fully saturated rings. The lowest BCUT2D eigenvalue weighted by atomic mass is 10.2. The van der Waals surface area contributed by atoms with Gasteiger partial charge in [-0.25, -0.2) is 4.79 Å². The molecular weight excluding hydrogens is 332 g/mol. The van der Waals surface area contributed by atoms with Crippen LogP contribution < -0.4 is 5.32 Å². The standard InChI is InChI=1S/C15H26N4O4S/c1-7-19(8-2)11(20)9-24-14-18-17-12(22-14)10(3)16-13(21)23-15(4,5)6/h10H,7-9H2,1-6H3,(H,16,21)/t10-/m0/s1. The van der Waals surface area contributed by atoms with Gasteiger partial charge >= 0.3 is 6.09 Å². The number of hydrogen-bond acceptors (Lipinski definition) is 7. The summed E-state index contributed by atoms with van der Waals surface area (Å²) in [5.74, 6) is 0.514. The number of ether oxygens (including phenoxy) is 1. The molecule has 0 saturated heterocycles. The van der Waals surface area contributed by atoms with Gasteiger partial charge in [0.15, 0.2) is 0 Å². The molecule has 8 nitrogen and oxygen atoms in total. The van der Waals surface area contributed by atoms with Crippen molar-refractivity contribution in [1.82, 2.24) is 20.4 Å². The number of hydrogen-bond donors (Lipinski definition) is 1. The van der Waals surface area contributed by atoms with E-state index in [0.29, 0.717) is 18.3 Å². The van der Waals surface area contributed by atoms with Gasteiger partial charge in [-0.1, -0.05) is 11.8 Å². The second-order valence-electron chi connectivity index (χ2n) is 6.13. The molecule has 1 N–H and O–H groups in total. The van der Waals surface area contributed by atoms with Crippen LogP contribution in [0.15, 0.2) is 9.64 Å². The van der Waals surface area contributed by atoms with Gasteiger partial charge in [-0.3, -0.25) is 4.79 Å². The molecule has 0 aromatic carbocycles. The summed E-state index contributed by atoms with van der Waals surface area (Å²) in [5, 5.41) is 10.7. The van der Waals surface area contributed by atoms with Crippen LogP contribution in [0.2, 0.25) is 0 Å². The average molecular weight is 358 g/mol. The van der Waals surface area contributed by atoms with Crippen molar-refractivity contribution in [3.63, 3.8) is 0 Å². The molecular formula is C15H26N4O4S. The monoisotopic (exact) mass is 358 g/mol. The molecule has 1 aromatic heterocycles. The quantitative estimate of drug-likeness (QED) is 0.748. The van der Waals surface area contributed by atoms with Crippen LogP contribution in [-0.2, 0) is 9.53 Å². The SMILES string of the molecule is CCN(CC)C(=O)CSc1nnc([C@H](C)NC(=O)OC(C)(C)C)o1. The van der Waals surface area contributed by atoms with Crippen molar-refractivity contribution in [3.8, 4) is 0 Å². The summed E-state index contributed by atoms with van der Waals surface area (Å²) < 4.78 is 10.6. The second kappa shape index (κ2) is 8.91. The summed E-state index contributed by atoms with van der Waals surface area (Å²) in [7, 11) is 0. The van der Waals surface area contributed by atoms with Crippen LogP contribution in [0.4, 0.5) is 4.79 Å². The number of nitrogens with one attached hydrogen (secondary N) is 1. The predicted molar refractivity (Wildman–Crippen MR) is 90.7 cm³/mol. The van der Waals surface area contributed by atoms with E-state index in [1.54, 1.807) is 32.6 Å². The van der Waals surface area contributed by atoms with E-state index in [9.17, 15) is 9.59 Å². The van der Waals surface area contributed by atoms with E-state index >= 15 is 0 Å². The molecule has 0 aliphatic carbocycles. The Labute approximate surface area is 146 Å². The van der Waals surface area contributed by atoms with E-state index in [-0.39, 0.29) is 17.6 Å². The van der Waals surface area contributed by atoms with Gasteiger partial charge in [0.25, 0.3) is 5.22 Å². The number of nitrogens with zero attached hydrogens (tertiary/aromatic N) is 3. The highest BCUT2D eigenvalue weighted by molar-refractivity contribution is 7.99. The molecule has 0 radical (unpaired) electrons. The van der Waals surface area contributed by atoms with E-state index in [4.69, 9.17) is 9.15 Å². The fourth-order valence-corrected chi connectivity index (χ4v) is 2.46. The molecule has 0 aliphatic rings. The largest absolute Gasteiger partial charge is 0.444 e. The lowest BCUT2D eigenvalue weighted by molar-refractivity contribution is -0.127. The normalized spacial score (nSPS) is 12.6. The second-order valence-corrected chi connectivity index (χ2v) is 7.06. The first kappa shape index (κ1) is 20.3. The lowest BCUT2D eigenvalue weighted by Crippen LogP contribution is -2.34. The van der Waals surface area contributed by atoms with E-state index < -0.39 is 17.7 Å². The number of rotatable bonds is 7. The summed E-state index contributed by atoms with van der Waals surface area (Å²) in [5.41, 5.74) is -0.579. The van der Waals surface area contributed by atoms with Gasteiger partial charge in [-0.2, -0.15) is 0 Å². The van der Waals surface area contributed by atoms with Crippen molar-refractivity contribution in [3.05, 3.63) is 5.89 Å². The van der Waals surface area contributed by atoms with Crippen LogP contribution >= 0.6 is 11.8 Å². The maximum atomic E-state index is 11.9. The molecule has 0 spiro atoms. The van der Waals surface area contributed by atoms with Crippen LogP contribution in [0.3, 0.4) is 0 Å². The Morgan fingerprint density at radius 2 is 1.92 bits per heavy atom. The number of alkyl carbamates (subject to hydrolysis) is 1. The van der Waals surface area contributed by atoms with Crippen molar-refractivity contribution >= 4 is 23.8 Å². The summed E-state index contributed by atoms with van der Waals surface area (Å²) in [6.07, 6.45) is -0.556. The molecule has 0 unspecified atom stereocenters. The Morgan fingerprint density at radius 1 is 1.29 bits per heavy atom. The summed E-state index contributed by atoms with van der Waals surface area (Å²) in [6.45, 7) is 12.3. The Bertz CT molecular complexity index is 552. The fraction of sp³-hybridized carbons (Fsp3) is 0.733. The minimum atomic E-state index is -0.579. The van der Waals surface area contributed by atoms with Gasteiger partial charge in [-0.15, -0.1) is 10.2 Å². The first-order valence-electron chi connectivity index (χ1n) is 7.89. The average Bonchev–Trinajstić information content (AvgIpc) is 2.93. The van der Waals surface area contributed by atoms with E-state index in [0.717, 1.165) is 0 Å². The molecule has 1 aromatic rings. The van der Waals surface area contributed by atoms with E-state index in [1.807, 2.05) is 13.8 Å². The van der Waals surface area contributed by atoms with Gasteiger partial charge < -0.3 is 19.4 Å². The van der Waals surface area contributed by atoms with Crippen LogP contribution in [0.5, 0.6) is 0 Å². The number of aromatic nitrogens is 2. The lowest BCUT2D eigenvalue weighted by Gasteiger charge is -2.20. The third kappa shape index (κ3) is 6.77. The van der Waals surface area contributed by atoms with Gasteiger partial charge in [0.2, 0.25) is 11.8 Å². The Balaban J connectivity index is 2.53. The number of carbonyl (C=O) groups is 2. The third-order valence-electron chi connectivity index (χ3n) is 2.96. The molecule has 2 amide bonds. The highest BCUT2D eigenvalue weighted by atomic mass is 32.2. The zero-order chi connectivity index (χ0) is 18.3. The zero-order valence-electron chi connectivity index (χ0n) is 15.1. The van der Waals surface area contributed by atoms with Crippen molar-refractivity contribution in [2.45, 2.75) is 58.4 Å². The molecule has 0 aliphatic heterocycles. The first-order valence-corrected chi connectivity index (χ1v) is 8.88. The fourth-order valence-electron chi connectivity index (χ4n) is 1.79. The van der Waals surface area contributed by atoms with Crippen molar-refractivity contribution < 1.29 is 18.7 Å². The number of carbonyl (C=O) groups excluding carboxylic acids is 2. The number of amides is 2. The third-order valence-corrected chi connectivity index (χ3v) is 3.76. The Kier molecular flexibility index (Phi) is 7.53. The highest BCUT2D eigenvalue weighted by Crippen LogP contribution is 2.20. The maximum Gasteiger partial charge on any atom is 0.408 e. The molecule has 1 heterocycles. The van der Waals surface area contributed by atoms with Crippen LogP contribution in [-0.4, -0.2) is 51.5 Å². The van der Waals surface area contributed by atoms with Crippen LogP contribution in [0.1, 0.15) is 53.5 Å². The summed E-state index contributed by atoms with van der Waals surface area (Å²) in [6, 6.07) is -0.486. The molecule has 0 saturated carbocycles. The van der Waals surface area contributed by atoms with E-state index in [2.05, 4.69) is 15.5 Å². The van der Waals surface area contributed by atoms with Crippen LogP contribution in [0.25, 0.3) is 0 Å². The van der Waals surface area contributed by atoms with Crippen LogP contribution in [0, 0.1) is 0 Å². The first-order chi connectivity index (χ1) is 11.2. The maximum absolute atomic E-state index is 11.9. The number of thioether (sulfide) groups is 1. The summed E-state index contributed by atoms with van der Waals surface area (Å²) in [4.78, 5) is 25.4. The topological polar surface area (TPSA) is 97.6 Å². The van der Waals surface area contributed by atoms with Gasteiger partial charge in [-0.05, 0) is 41.5 Å². The molecule has 1 atom stereocenters. The molecule has 24 heavy (non-hydrogen) atoms. The van der Waals surface area contributed by atoms with Crippen molar-refractivity contribution in [1.29, 1.82) is 0 Å². The molecule has 1 rings (SSSR count). The Hall–Kier alpha value is -1.77. The Morgan fingerprint density at radius 3 is 2.46 bits per heavy atom. The minimum Gasteiger partial charge on any atom is -0.444 e. The highest BCUT2D eigenvalue weighted by Gasteiger charge is 2.21. The van der Waals surface area contributed by atoms with Gasteiger partial charge in [0.1, 0.15) is 11.6 Å². The predicted octanol–water partition coefficient (Wildman–Crippen LogP) is 2.62. The van der Waals surface area contributed by atoms with Gasteiger partial charge in [0.05, 0.1) is 5.75 Å². The summed E-state index contributed by atoms with van der Waals surface area (Å²) >= 11 is 1.18. The molecule has 136 valence electrons. The minimum absolute atomic E-state index is 0.0182.